The second-order valence-electron chi connectivity index (χ2n) is 4.45. The van der Waals surface area contributed by atoms with Crippen LogP contribution in [0.4, 0.5) is 17.6 Å². The zero-order valence-electron chi connectivity index (χ0n) is 11.2. The van der Waals surface area contributed by atoms with Crippen molar-refractivity contribution >= 4 is 11.6 Å². The number of aromatic nitrogens is 2. The normalized spacial score (nSPS) is 11.8. The molecule has 0 unspecified atom stereocenters. The van der Waals surface area contributed by atoms with Crippen molar-refractivity contribution in [2.45, 2.75) is 26.4 Å². The van der Waals surface area contributed by atoms with Crippen molar-refractivity contribution in [3.05, 3.63) is 46.1 Å². The highest BCUT2D eigenvalue weighted by Crippen LogP contribution is 2.35. The molecule has 0 saturated carbocycles. The topological polar surface area (TPSA) is 25.8 Å². The van der Waals surface area contributed by atoms with Gasteiger partial charge in [-0.25, -0.2) is 14.4 Å². The molecule has 0 atom stereocenters. The van der Waals surface area contributed by atoms with Crippen molar-refractivity contribution in [1.82, 2.24) is 9.97 Å². The summed E-state index contributed by atoms with van der Waals surface area (Å²) in [5.41, 5.74) is -0.446. The molecule has 1 heterocycles. The fourth-order valence-corrected chi connectivity index (χ4v) is 2.05. The quantitative estimate of drug-likeness (QED) is 0.585. The Labute approximate surface area is 123 Å². The van der Waals surface area contributed by atoms with Crippen LogP contribution in [0.2, 0.25) is 5.15 Å². The molecule has 0 saturated heterocycles. The summed E-state index contributed by atoms with van der Waals surface area (Å²) >= 11 is 5.96. The second-order valence-corrected chi connectivity index (χ2v) is 4.81. The summed E-state index contributed by atoms with van der Waals surface area (Å²) in [5.74, 6) is -0.904. The minimum atomic E-state index is -4.77. The van der Waals surface area contributed by atoms with E-state index >= 15 is 0 Å². The van der Waals surface area contributed by atoms with Crippen LogP contribution in [0.25, 0.3) is 11.3 Å². The van der Waals surface area contributed by atoms with Crippen LogP contribution in [0, 0.1) is 12.7 Å². The van der Waals surface area contributed by atoms with E-state index in [2.05, 4.69) is 9.97 Å². The summed E-state index contributed by atoms with van der Waals surface area (Å²) in [6, 6.07) is 2.76. The molecule has 0 bridgehead atoms. The van der Waals surface area contributed by atoms with Gasteiger partial charge in [0.05, 0.1) is 11.3 Å². The third-order valence-corrected chi connectivity index (χ3v) is 3.36. The zero-order chi connectivity index (χ0) is 15.8. The number of halogens is 5. The highest BCUT2D eigenvalue weighted by Gasteiger charge is 2.34. The van der Waals surface area contributed by atoms with Crippen LogP contribution in [-0.4, -0.2) is 9.97 Å². The summed E-state index contributed by atoms with van der Waals surface area (Å²) < 4.78 is 51.6. The van der Waals surface area contributed by atoms with Crippen LogP contribution in [0.15, 0.2) is 18.2 Å². The van der Waals surface area contributed by atoms with Gasteiger partial charge in [0.15, 0.2) is 0 Å². The van der Waals surface area contributed by atoms with Crippen LogP contribution in [0.3, 0.4) is 0 Å². The second kappa shape index (κ2) is 5.60. The third-order valence-electron chi connectivity index (χ3n) is 2.99. The van der Waals surface area contributed by atoms with Crippen LogP contribution < -0.4 is 0 Å². The van der Waals surface area contributed by atoms with Crippen molar-refractivity contribution < 1.29 is 17.6 Å². The molecule has 0 aliphatic rings. The highest BCUT2D eigenvalue weighted by molar-refractivity contribution is 6.30. The Morgan fingerprint density at radius 2 is 1.86 bits per heavy atom. The first-order valence-corrected chi connectivity index (χ1v) is 6.52. The maximum atomic E-state index is 13.3. The predicted octanol–water partition coefficient (Wildman–Crippen LogP) is 4.83. The molecule has 21 heavy (non-hydrogen) atoms. The Morgan fingerprint density at radius 1 is 1.19 bits per heavy atom. The minimum Gasteiger partial charge on any atom is -0.233 e. The zero-order valence-corrected chi connectivity index (χ0v) is 12.0. The van der Waals surface area contributed by atoms with E-state index in [4.69, 9.17) is 11.6 Å². The molecule has 2 aromatic rings. The average Bonchev–Trinajstić information content (AvgIpc) is 2.41. The Balaban J connectivity index is 2.65. The van der Waals surface area contributed by atoms with Crippen LogP contribution >= 0.6 is 11.6 Å². The van der Waals surface area contributed by atoms with Crippen LogP contribution in [0.5, 0.6) is 0 Å². The number of hydrogen-bond acceptors (Lipinski definition) is 2. The van der Waals surface area contributed by atoms with Gasteiger partial charge in [-0.1, -0.05) is 18.5 Å². The first-order chi connectivity index (χ1) is 9.74. The Bertz CT molecular complexity index is 683. The average molecular weight is 319 g/mol. The van der Waals surface area contributed by atoms with Gasteiger partial charge < -0.3 is 0 Å². The van der Waals surface area contributed by atoms with Gasteiger partial charge in [0, 0.05) is 17.5 Å². The minimum absolute atomic E-state index is 0.153. The standard InChI is InChI=1S/C14H11ClF4N2/c1-3-11-20-12(7(2)13(15)21-11)8-4-5-10(16)9(6-8)14(17,18)19/h4-6H,3H2,1-2H3. The number of benzene rings is 1. The van der Waals surface area contributed by atoms with Gasteiger partial charge in [-0.05, 0) is 25.1 Å². The Kier molecular flexibility index (Phi) is 4.18. The third kappa shape index (κ3) is 3.15. The van der Waals surface area contributed by atoms with Gasteiger partial charge in [-0.2, -0.15) is 13.2 Å². The molecule has 0 N–H and O–H groups in total. The van der Waals surface area contributed by atoms with E-state index in [9.17, 15) is 17.6 Å². The van der Waals surface area contributed by atoms with Gasteiger partial charge >= 0.3 is 6.18 Å². The van der Waals surface area contributed by atoms with Gasteiger partial charge in [0.1, 0.15) is 16.8 Å². The Hall–Kier alpha value is -1.69. The first kappa shape index (κ1) is 15.7. The fraction of sp³-hybridized carbons (Fsp3) is 0.286. The van der Waals surface area contributed by atoms with Gasteiger partial charge in [-0.3, -0.25) is 0 Å². The highest BCUT2D eigenvalue weighted by atomic mass is 35.5. The van der Waals surface area contributed by atoms with Crippen molar-refractivity contribution in [2.75, 3.05) is 0 Å². The molecular weight excluding hydrogens is 308 g/mol. The van der Waals surface area contributed by atoms with E-state index in [0.29, 0.717) is 17.8 Å². The SMILES string of the molecule is CCc1nc(Cl)c(C)c(-c2ccc(F)c(C(F)(F)F)c2)n1. The van der Waals surface area contributed by atoms with Crippen LogP contribution in [0.1, 0.15) is 23.9 Å². The number of nitrogens with zero attached hydrogens (tertiary/aromatic N) is 2. The van der Waals surface area contributed by atoms with E-state index in [-0.39, 0.29) is 16.4 Å². The molecular formula is C14H11ClF4N2. The largest absolute Gasteiger partial charge is 0.419 e. The smallest absolute Gasteiger partial charge is 0.233 e. The lowest BCUT2D eigenvalue weighted by atomic mass is 10.0. The molecule has 0 radical (unpaired) electrons. The lowest BCUT2D eigenvalue weighted by Crippen LogP contribution is -2.08. The number of rotatable bonds is 2. The molecule has 7 heteroatoms. The molecule has 2 rings (SSSR count). The molecule has 1 aromatic heterocycles. The summed E-state index contributed by atoms with van der Waals surface area (Å²) in [6.07, 6.45) is -4.28. The monoisotopic (exact) mass is 318 g/mol. The first-order valence-electron chi connectivity index (χ1n) is 6.14. The molecule has 0 aliphatic heterocycles. The van der Waals surface area contributed by atoms with E-state index in [1.165, 1.54) is 6.07 Å². The maximum absolute atomic E-state index is 13.3. The summed E-state index contributed by atoms with van der Waals surface area (Å²) in [7, 11) is 0. The van der Waals surface area contributed by atoms with E-state index in [1.807, 2.05) is 0 Å². The van der Waals surface area contributed by atoms with Gasteiger partial charge in [-0.15, -0.1) is 0 Å². The lowest BCUT2D eigenvalue weighted by molar-refractivity contribution is -0.139. The molecule has 2 nitrogen and oxygen atoms in total. The summed E-state index contributed by atoms with van der Waals surface area (Å²) in [4.78, 5) is 8.21. The van der Waals surface area contributed by atoms with Crippen molar-refractivity contribution in [2.24, 2.45) is 0 Å². The maximum Gasteiger partial charge on any atom is 0.419 e. The Morgan fingerprint density at radius 3 is 2.43 bits per heavy atom. The lowest BCUT2D eigenvalue weighted by Gasteiger charge is -2.12. The number of alkyl halides is 3. The summed E-state index contributed by atoms with van der Waals surface area (Å²) in [5, 5.41) is 0.176. The van der Waals surface area contributed by atoms with Crippen molar-refractivity contribution in [3.63, 3.8) is 0 Å². The van der Waals surface area contributed by atoms with Crippen molar-refractivity contribution in [1.29, 1.82) is 0 Å². The van der Waals surface area contributed by atoms with Crippen molar-refractivity contribution in [3.8, 4) is 11.3 Å². The predicted molar refractivity (Wildman–Crippen MR) is 71.6 cm³/mol. The number of aryl methyl sites for hydroxylation is 1. The van der Waals surface area contributed by atoms with E-state index in [1.54, 1.807) is 13.8 Å². The van der Waals surface area contributed by atoms with Gasteiger partial charge in [0.25, 0.3) is 0 Å². The van der Waals surface area contributed by atoms with Gasteiger partial charge in [0.2, 0.25) is 0 Å². The molecule has 112 valence electrons. The molecule has 1 aromatic carbocycles. The summed E-state index contributed by atoms with van der Waals surface area (Å²) in [6.45, 7) is 3.41. The molecule has 0 aliphatic carbocycles. The van der Waals surface area contributed by atoms with E-state index in [0.717, 1.165) is 12.1 Å². The van der Waals surface area contributed by atoms with E-state index < -0.39 is 17.6 Å². The van der Waals surface area contributed by atoms with Crippen LogP contribution in [-0.2, 0) is 12.6 Å². The fourth-order valence-electron chi connectivity index (χ4n) is 1.86. The number of hydrogen-bond donors (Lipinski definition) is 0. The molecule has 0 spiro atoms. The molecule has 0 fully saturated rings. The molecule has 0 amide bonds.